The molecule has 2 aromatic heterocycles. The summed E-state index contributed by atoms with van der Waals surface area (Å²) >= 11 is 1.41. The molecule has 1 unspecified atom stereocenters. The summed E-state index contributed by atoms with van der Waals surface area (Å²) in [6.45, 7) is 4.25. The molecule has 0 saturated heterocycles. The Kier molecular flexibility index (Phi) is 6.76. The van der Waals surface area contributed by atoms with Crippen LogP contribution in [-0.4, -0.2) is 28.7 Å². The fraction of sp³-hybridized carbons (Fsp3) is 0.333. The lowest BCUT2D eigenvalue weighted by atomic mass is 10.1. The minimum atomic E-state index is -0.911. The fourth-order valence-electron chi connectivity index (χ4n) is 3.21. The molecule has 1 amide bonds. The maximum atomic E-state index is 13.4. The van der Waals surface area contributed by atoms with Crippen LogP contribution in [0.2, 0.25) is 0 Å². The molecule has 29 heavy (non-hydrogen) atoms. The number of aromatic nitrogens is 2. The molecule has 2 heterocycles. The molecule has 1 atom stereocenters. The number of nitrogens with one attached hydrogen (secondary N) is 2. The number of benzene rings is 1. The van der Waals surface area contributed by atoms with Gasteiger partial charge in [0.1, 0.15) is 0 Å². The van der Waals surface area contributed by atoms with E-state index >= 15 is 0 Å². The van der Waals surface area contributed by atoms with Gasteiger partial charge in [-0.1, -0.05) is 19.4 Å². The van der Waals surface area contributed by atoms with Gasteiger partial charge in [0, 0.05) is 28.7 Å². The van der Waals surface area contributed by atoms with Gasteiger partial charge in [-0.05, 0) is 49.1 Å². The van der Waals surface area contributed by atoms with E-state index in [1.165, 1.54) is 17.4 Å². The van der Waals surface area contributed by atoms with E-state index in [9.17, 15) is 13.6 Å². The van der Waals surface area contributed by atoms with Crippen LogP contribution in [0.15, 0.2) is 30.5 Å². The van der Waals surface area contributed by atoms with E-state index in [-0.39, 0.29) is 18.5 Å². The number of rotatable bonds is 8. The van der Waals surface area contributed by atoms with Crippen LogP contribution >= 0.6 is 11.3 Å². The molecule has 0 aliphatic heterocycles. The average molecular weight is 419 g/mol. The van der Waals surface area contributed by atoms with Gasteiger partial charge in [0.25, 0.3) is 5.91 Å². The molecular formula is C21H24F2N4OS. The molecule has 0 aliphatic rings. The lowest BCUT2D eigenvalue weighted by Gasteiger charge is -2.16. The van der Waals surface area contributed by atoms with Crippen LogP contribution < -0.4 is 11.1 Å². The maximum Gasteiger partial charge on any atom is 0.261 e. The number of hydrogen-bond donors (Lipinski definition) is 3. The summed E-state index contributed by atoms with van der Waals surface area (Å²) in [4.78, 5) is 14.3. The van der Waals surface area contributed by atoms with E-state index in [1.807, 2.05) is 13.0 Å². The lowest BCUT2D eigenvalue weighted by Crippen LogP contribution is -2.41. The molecule has 0 saturated carbocycles. The second kappa shape index (κ2) is 9.28. The van der Waals surface area contributed by atoms with Crippen LogP contribution in [0.1, 0.15) is 39.8 Å². The molecule has 0 radical (unpaired) electrons. The number of carbonyl (C=O) groups is 1. The number of hydrogen-bond acceptors (Lipinski definition) is 4. The number of amides is 1. The maximum absolute atomic E-state index is 13.4. The highest BCUT2D eigenvalue weighted by Crippen LogP contribution is 2.34. The monoisotopic (exact) mass is 418 g/mol. The van der Waals surface area contributed by atoms with Crippen LogP contribution in [0.3, 0.4) is 0 Å². The number of aromatic amines is 1. The summed E-state index contributed by atoms with van der Waals surface area (Å²) in [6, 6.07) is 5.17. The Morgan fingerprint density at radius 3 is 2.79 bits per heavy atom. The number of aryl methyl sites for hydroxylation is 2. The molecular weight excluding hydrogens is 394 g/mol. The van der Waals surface area contributed by atoms with Crippen molar-refractivity contribution in [2.24, 2.45) is 5.73 Å². The van der Waals surface area contributed by atoms with Crippen LogP contribution in [0.4, 0.5) is 8.78 Å². The summed E-state index contributed by atoms with van der Waals surface area (Å²) in [6.07, 6.45) is 3.99. The van der Waals surface area contributed by atoms with E-state index in [0.29, 0.717) is 16.9 Å². The van der Waals surface area contributed by atoms with E-state index in [2.05, 4.69) is 22.4 Å². The van der Waals surface area contributed by atoms with Gasteiger partial charge >= 0.3 is 0 Å². The van der Waals surface area contributed by atoms with Crippen molar-refractivity contribution >= 4 is 17.2 Å². The Morgan fingerprint density at radius 2 is 2.10 bits per heavy atom. The van der Waals surface area contributed by atoms with Crippen LogP contribution in [0.25, 0.3) is 10.4 Å². The summed E-state index contributed by atoms with van der Waals surface area (Å²) in [7, 11) is 0. The average Bonchev–Trinajstić information content (AvgIpc) is 3.30. The van der Waals surface area contributed by atoms with Crippen molar-refractivity contribution in [3.8, 4) is 10.4 Å². The van der Waals surface area contributed by atoms with Gasteiger partial charge in [0.05, 0.1) is 11.1 Å². The number of thiophene rings is 1. The van der Waals surface area contributed by atoms with E-state index < -0.39 is 11.6 Å². The largest absolute Gasteiger partial charge is 0.347 e. The number of H-pyrrole nitrogens is 1. The van der Waals surface area contributed by atoms with Crippen molar-refractivity contribution in [2.45, 2.75) is 39.2 Å². The predicted octanol–water partition coefficient (Wildman–Crippen LogP) is 3.98. The quantitative estimate of drug-likeness (QED) is 0.517. The minimum absolute atomic E-state index is 0.185. The smallest absolute Gasteiger partial charge is 0.261 e. The zero-order valence-electron chi connectivity index (χ0n) is 16.4. The van der Waals surface area contributed by atoms with Gasteiger partial charge in [-0.25, -0.2) is 8.78 Å². The zero-order valence-corrected chi connectivity index (χ0v) is 17.2. The third-order valence-corrected chi connectivity index (χ3v) is 5.96. The van der Waals surface area contributed by atoms with Crippen LogP contribution in [0.5, 0.6) is 0 Å². The Hall–Kier alpha value is -2.58. The Labute approximate surface area is 172 Å². The third-order valence-electron chi connectivity index (χ3n) is 4.69. The summed E-state index contributed by atoms with van der Waals surface area (Å²) in [5.41, 5.74) is 9.44. The van der Waals surface area contributed by atoms with Gasteiger partial charge in [-0.15, -0.1) is 11.3 Å². The van der Waals surface area contributed by atoms with Crippen molar-refractivity contribution in [3.63, 3.8) is 0 Å². The molecule has 154 valence electrons. The van der Waals surface area contributed by atoms with Crippen LogP contribution in [-0.2, 0) is 12.8 Å². The first-order valence-electron chi connectivity index (χ1n) is 9.50. The SMILES string of the molecule is CCCc1[nH]ncc1-c1sc(C(=O)NC(CN)Cc2ccc(F)c(F)c2)cc1C. The van der Waals surface area contributed by atoms with E-state index in [1.54, 1.807) is 6.20 Å². The number of halogens is 2. The van der Waals surface area contributed by atoms with Gasteiger partial charge in [-0.2, -0.15) is 5.10 Å². The van der Waals surface area contributed by atoms with Crippen molar-refractivity contribution in [3.05, 3.63) is 63.8 Å². The molecule has 5 nitrogen and oxygen atoms in total. The molecule has 1 aromatic carbocycles. The Morgan fingerprint density at radius 1 is 1.31 bits per heavy atom. The molecule has 8 heteroatoms. The highest BCUT2D eigenvalue weighted by atomic mass is 32.1. The molecule has 4 N–H and O–H groups in total. The summed E-state index contributed by atoms with van der Waals surface area (Å²) < 4.78 is 26.5. The second-order valence-electron chi connectivity index (χ2n) is 6.99. The van der Waals surface area contributed by atoms with Crippen molar-refractivity contribution in [2.75, 3.05) is 6.54 Å². The lowest BCUT2D eigenvalue weighted by molar-refractivity contribution is 0.0942. The molecule has 0 spiro atoms. The topological polar surface area (TPSA) is 83.8 Å². The number of nitrogens with zero attached hydrogens (tertiary/aromatic N) is 1. The minimum Gasteiger partial charge on any atom is -0.347 e. The second-order valence-corrected chi connectivity index (χ2v) is 8.05. The standard InChI is InChI=1S/C21H24F2N4OS/c1-3-4-18-15(11-25-27-18)20-12(2)7-19(29-20)21(28)26-14(10-24)8-13-5-6-16(22)17(23)9-13/h5-7,9,11,14H,3-4,8,10,24H2,1-2H3,(H,25,27)(H,26,28). The molecule has 0 fully saturated rings. The van der Waals surface area contributed by atoms with Gasteiger partial charge in [-0.3, -0.25) is 9.89 Å². The molecule has 0 aliphatic carbocycles. The first-order chi connectivity index (χ1) is 13.9. The number of nitrogens with two attached hydrogens (primary N) is 1. The summed E-state index contributed by atoms with van der Waals surface area (Å²) in [5, 5.41) is 10.1. The molecule has 3 aromatic rings. The highest BCUT2D eigenvalue weighted by molar-refractivity contribution is 7.17. The molecule has 0 bridgehead atoms. The van der Waals surface area contributed by atoms with Crippen LogP contribution in [0, 0.1) is 18.6 Å². The van der Waals surface area contributed by atoms with Crippen molar-refractivity contribution < 1.29 is 13.6 Å². The van der Waals surface area contributed by atoms with Gasteiger partial charge < -0.3 is 11.1 Å². The Bertz CT molecular complexity index is 998. The van der Waals surface area contributed by atoms with Crippen molar-refractivity contribution in [1.82, 2.24) is 15.5 Å². The molecule has 3 rings (SSSR count). The first-order valence-corrected chi connectivity index (χ1v) is 10.3. The fourth-order valence-corrected chi connectivity index (χ4v) is 4.32. The van der Waals surface area contributed by atoms with Crippen molar-refractivity contribution in [1.29, 1.82) is 0 Å². The van der Waals surface area contributed by atoms with E-state index in [0.717, 1.165) is 46.7 Å². The number of carbonyl (C=O) groups excluding carboxylic acids is 1. The third kappa shape index (κ3) is 4.89. The van der Waals surface area contributed by atoms with Gasteiger partial charge in [0.15, 0.2) is 11.6 Å². The normalized spacial score (nSPS) is 12.2. The highest BCUT2D eigenvalue weighted by Gasteiger charge is 2.19. The van der Waals surface area contributed by atoms with Gasteiger partial charge in [0.2, 0.25) is 0 Å². The predicted molar refractivity (Wildman–Crippen MR) is 111 cm³/mol. The summed E-state index contributed by atoms with van der Waals surface area (Å²) in [5.74, 6) is -2.04. The zero-order chi connectivity index (χ0) is 21.0. The van der Waals surface area contributed by atoms with E-state index in [4.69, 9.17) is 5.73 Å². The Balaban J connectivity index is 1.74. The first kappa shape index (κ1) is 21.1.